The molecule has 0 aliphatic carbocycles. The van der Waals surface area contributed by atoms with Gasteiger partial charge < -0.3 is 36.1 Å². The number of ketones is 4. The number of hydrogen-bond acceptors (Lipinski definition) is 11. The number of nitrogens with one attached hydrogen (secondary N) is 4. The number of carbonyl (C=O) groups excluding carboxylic acids is 7. The van der Waals surface area contributed by atoms with Crippen LogP contribution in [-0.4, -0.2) is 102 Å². The van der Waals surface area contributed by atoms with E-state index in [4.69, 9.17) is 15.2 Å². The van der Waals surface area contributed by atoms with E-state index < -0.39 is 34.2 Å². The van der Waals surface area contributed by atoms with Gasteiger partial charge in [-0.05, 0) is 40.0 Å². The first-order valence-electron chi connectivity index (χ1n) is 24.6. The molecule has 0 saturated heterocycles. The maximum Gasteiger partial charge on any atom is 0.245 e. The number of rotatable bonds is 41. The molecule has 0 bridgehead atoms. The van der Waals surface area contributed by atoms with Gasteiger partial charge in [-0.3, -0.25) is 33.6 Å². The van der Waals surface area contributed by atoms with Crippen LogP contribution in [0, 0.1) is 16.7 Å². The Balaban J connectivity index is 2.23. The lowest BCUT2D eigenvalue weighted by molar-refractivity contribution is -0.140. The van der Waals surface area contributed by atoms with Crippen molar-refractivity contribution in [3.05, 3.63) is 18.2 Å². The predicted molar refractivity (Wildman–Crippen MR) is 255 cm³/mol. The van der Waals surface area contributed by atoms with Gasteiger partial charge in [-0.15, -0.1) is 0 Å². The van der Waals surface area contributed by atoms with Crippen molar-refractivity contribution >= 4 is 40.9 Å². The second-order valence-corrected chi connectivity index (χ2v) is 19.8. The Morgan fingerprint density at radius 2 is 1.23 bits per heavy atom. The summed E-state index contributed by atoms with van der Waals surface area (Å²) in [6, 6.07) is -0.909. The summed E-state index contributed by atoms with van der Waals surface area (Å²) in [6.45, 7) is 15.1. The molecule has 1 aromatic rings. The van der Waals surface area contributed by atoms with Crippen molar-refractivity contribution in [1.29, 1.82) is 0 Å². The number of Topliss-reactive ketones (excluding diaryl/α,β-unsaturated/α-hetero) is 4. The van der Waals surface area contributed by atoms with Crippen molar-refractivity contribution < 1.29 is 43.0 Å². The summed E-state index contributed by atoms with van der Waals surface area (Å²) in [4.78, 5) is 96.9. The Hall–Kier alpha value is -3.82. The summed E-state index contributed by atoms with van der Waals surface area (Å²) < 4.78 is 10.9. The van der Waals surface area contributed by atoms with Crippen molar-refractivity contribution in [2.24, 2.45) is 22.5 Å². The number of ether oxygens (including phenoxy) is 2. The number of carbonyl (C=O) groups is 7. The number of nitrogens with zero attached hydrogens (tertiary/aromatic N) is 1. The highest BCUT2D eigenvalue weighted by Crippen LogP contribution is 2.34. The lowest BCUT2D eigenvalue weighted by atomic mass is 9.71. The zero-order chi connectivity index (χ0) is 48.7. The molecule has 0 aliphatic heterocycles. The summed E-state index contributed by atoms with van der Waals surface area (Å²) in [5.74, 6) is -2.21. The molecule has 372 valence electrons. The molecule has 15 nitrogen and oxygen atoms in total. The van der Waals surface area contributed by atoms with E-state index in [0.717, 1.165) is 12.8 Å². The van der Waals surface area contributed by atoms with Crippen LogP contribution in [0.4, 0.5) is 0 Å². The van der Waals surface area contributed by atoms with Crippen molar-refractivity contribution in [3.63, 3.8) is 0 Å². The second-order valence-electron chi connectivity index (χ2n) is 19.8. The van der Waals surface area contributed by atoms with E-state index in [-0.39, 0.29) is 73.8 Å². The van der Waals surface area contributed by atoms with E-state index in [9.17, 15) is 33.6 Å². The molecule has 3 amide bonds. The molecule has 0 spiro atoms. The largest absolute Gasteiger partial charge is 0.377 e. The lowest BCUT2D eigenvalue weighted by Crippen LogP contribution is -2.56. The van der Waals surface area contributed by atoms with Crippen molar-refractivity contribution in [2.45, 2.75) is 202 Å². The van der Waals surface area contributed by atoms with E-state index in [2.05, 4.69) is 32.8 Å². The highest BCUT2D eigenvalue weighted by Gasteiger charge is 2.41. The van der Waals surface area contributed by atoms with Crippen LogP contribution in [0.15, 0.2) is 12.5 Å². The minimum absolute atomic E-state index is 0.0129. The maximum atomic E-state index is 13.6. The fourth-order valence-corrected chi connectivity index (χ4v) is 7.44. The van der Waals surface area contributed by atoms with Crippen LogP contribution >= 0.6 is 0 Å². The molecule has 1 rings (SSSR count). The molecule has 15 heteroatoms. The van der Waals surface area contributed by atoms with Gasteiger partial charge in [0.05, 0.1) is 37.7 Å². The molecule has 1 heterocycles. The predicted octanol–water partition coefficient (Wildman–Crippen LogP) is 7.23. The Morgan fingerprint density at radius 3 is 1.82 bits per heavy atom. The van der Waals surface area contributed by atoms with Gasteiger partial charge in [-0.1, -0.05) is 118 Å². The number of aromatic amines is 1. The quantitative estimate of drug-likeness (QED) is 0.0412. The first kappa shape index (κ1) is 59.2. The molecule has 0 aliphatic rings. The molecule has 0 aromatic carbocycles. The van der Waals surface area contributed by atoms with Gasteiger partial charge in [-0.2, -0.15) is 0 Å². The molecular weight excluding hydrogens is 829 g/mol. The molecule has 0 fully saturated rings. The Morgan fingerprint density at radius 1 is 0.677 bits per heavy atom. The third-order valence-electron chi connectivity index (χ3n) is 12.2. The average molecular weight is 917 g/mol. The van der Waals surface area contributed by atoms with E-state index >= 15 is 0 Å². The van der Waals surface area contributed by atoms with Gasteiger partial charge in [0.25, 0.3) is 0 Å². The lowest BCUT2D eigenvalue weighted by Gasteiger charge is -2.33. The minimum Gasteiger partial charge on any atom is -0.377 e. The molecule has 1 aromatic heterocycles. The summed E-state index contributed by atoms with van der Waals surface area (Å²) in [6.07, 6.45) is 21.8. The van der Waals surface area contributed by atoms with Crippen LogP contribution in [0.2, 0.25) is 0 Å². The van der Waals surface area contributed by atoms with Crippen LogP contribution in [0.5, 0.6) is 0 Å². The van der Waals surface area contributed by atoms with Crippen LogP contribution in [0.1, 0.15) is 190 Å². The van der Waals surface area contributed by atoms with Crippen LogP contribution in [0.3, 0.4) is 0 Å². The first-order chi connectivity index (χ1) is 30.7. The Bertz CT molecular complexity index is 1560. The summed E-state index contributed by atoms with van der Waals surface area (Å²) in [5, 5.41) is 8.40. The topological polar surface area (TPSA) is 229 Å². The SMILES string of the molecule is CCCCCCCCCCCCCCCC(=O)NCCOCCOCC(=O)NCCCC[C@H](CC(=O)C(C)(C)CC(=O)C(C)(C)CC(=O)C(C)(C)NC(=O)[C@@H](N)Cc1cnc[nH]1)C(C)=O. The molecular formula is C50H88N6O9. The molecule has 0 unspecified atom stereocenters. The molecule has 0 saturated carbocycles. The number of H-pyrrole nitrogens is 1. The standard InChI is InChI=1S/C50H88N6O9/c1-9-10-11-12-13-14-15-16-17-18-19-20-21-25-45(61)54-27-28-64-29-30-65-36-46(62)53-26-23-22-24-39(38(2)57)31-42(58)48(3,4)33-43(59)49(5,6)34-44(60)50(7,8)56-47(63)41(51)32-40-35-52-37-55-40/h35,37,39,41H,9-34,36,51H2,1-8H3,(H,52,55)(H,53,62)(H,54,61)(H,56,63)/t39-,41+/m1/s1. The van der Waals surface area contributed by atoms with Gasteiger partial charge in [0.2, 0.25) is 17.7 Å². The summed E-state index contributed by atoms with van der Waals surface area (Å²) in [5.41, 5.74) is 3.24. The summed E-state index contributed by atoms with van der Waals surface area (Å²) in [7, 11) is 0. The van der Waals surface area contributed by atoms with Crippen molar-refractivity contribution in [1.82, 2.24) is 25.9 Å². The number of amides is 3. The maximum absolute atomic E-state index is 13.6. The molecule has 0 radical (unpaired) electrons. The third-order valence-corrected chi connectivity index (χ3v) is 12.2. The number of nitrogens with two attached hydrogens (primary N) is 1. The Labute approximate surface area is 390 Å². The summed E-state index contributed by atoms with van der Waals surface area (Å²) >= 11 is 0. The van der Waals surface area contributed by atoms with Gasteiger partial charge >= 0.3 is 0 Å². The number of imidazole rings is 1. The van der Waals surface area contributed by atoms with E-state index in [0.29, 0.717) is 57.7 Å². The average Bonchev–Trinajstić information content (AvgIpc) is 3.75. The van der Waals surface area contributed by atoms with E-state index in [1.165, 1.54) is 83.9 Å². The van der Waals surface area contributed by atoms with Crippen LogP contribution in [-0.2, 0) is 49.5 Å². The monoisotopic (exact) mass is 917 g/mol. The molecule has 6 N–H and O–H groups in total. The highest BCUT2D eigenvalue weighted by atomic mass is 16.5. The normalized spacial score (nSPS) is 12.9. The fourth-order valence-electron chi connectivity index (χ4n) is 7.44. The zero-order valence-corrected chi connectivity index (χ0v) is 41.6. The second kappa shape index (κ2) is 32.8. The molecule has 2 atom stereocenters. The van der Waals surface area contributed by atoms with Gasteiger partial charge in [0.1, 0.15) is 24.0 Å². The number of aromatic nitrogens is 2. The minimum atomic E-state index is -1.29. The number of hydrogen-bond donors (Lipinski definition) is 5. The smallest absolute Gasteiger partial charge is 0.245 e. The zero-order valence-electron chi connectivity index (χ0n) is 41.6. The van der Waals surface area contributed by atoms with Crippen molar-refractivity contribution in [2.75, 3.05) is 39.5 Å². The van der Waals surface area contributed by atoms with Gasteiger partial charge in [0.15, 0.2) is 5.78 Å². The Kier molecular flexibility index (Phi) is 29.9. The van der Waals surface area contributed by atoms with Crippen molar-refractivity contribution in [3.8, 4) is 0 Å². The van der Waals surface area contributed by atoms with E-state index in [1.807, 2.05) is 0 Å². The highest BCUT2D eigenvalue weighted by molar-refractivity contribution is 5.99. The van der Waals surface area contributed by atoms with Crippen LogP contribution < -0.4 is 21.7 Å². The van der Waals surface area contributed by atoms with Gasteiger partial charge in [-0.25, -0.2) is 4.98 Å². The fraction of sp³-hybridized carbons (Fsp3) is 0.800. The van der Waals surface area contributed by atoms with Gasteiger partial charge in [0, 0.05) is 73.8 Å². The third kappa shape index (κ3) is 27.4. The first-order valence-corrected chi connectivity index (χ1v) is 24.6. The van der Waals surface area contributed by atoms with E-state index in [1.54, 1.807) is 47.7 Å². The van der Waals surface area contributed by atoms with Crippen LogP contribution in [0.25, 0.3) is 0 Å². The molecule has 65 heavy (non-hydrogen) atoms. The number of unbranched alkanes of at least 4 members (excludes halogenated alkanes) is 13.